The first-order valence-corrected chi connectivity index (χ1v) is 26.6. The molecule has 4 aromatic rings. The number of nitrogens with zero attached hydrogens (tertiary/aromatic N) is 2. The molecule has 2 fully saturated rings. The lowest BCUT2D eigenvalue weighted by atomic mass is 9.96. The van der Waals surface area contributed by atoms with Gasteiger partial charge in [-0.15, -0.1) is 0 Å². The number of rotatable bonds is 14. The molecule has 0 saturated heterocycles. The van der Waals surface area contributed by atoms with Gasteiger partial charge in [0, 0.05) is 51.1 Å². The molecule has 0 aromatic heterocycles. The van der Waals surface area contributed by atoms with Gasteiger partial charge < -0.3 is 30.7 Å². The number of hydrogen-bond acceptors (Lipinski definition) is 8. The maximum atomic E-state index is 12.8. The Hall–Kier alpha value is -6.70. The molecule has 4 aliphatic rings. The van der Waals surface area contributed by atoms with Gasteiger partial charge in [-0.25, -0.2) is 9.59 Å². The van der Waals surface area contributed by atoms with E-state index in [9.17, 15) is 28.8 Å². The Morgan fingerprint density at radius 3 is 1.23 bits per heavy atom. The number of nitrogens with one attached hydrogen (secondary N) is 4. The molecule has 396 valence electrons. The van der Waals surface area contributed by atoms with Crippen LogP contribution in [0.1, 0.15) is 138 Å². The molecule has 6 amide bonds. The predicted octanol–water partition coefficient (Wildman–Crippen LogP) is 9.43. The molecule has 6 atom stereocenters. The van der Waals surface area contributed by atoms with E-state index in [4.69, 9.17) is 9.47 Å². The molecule has 2 aliphatic heterocycles. The van der Waals surface area contributed by atoms with E-state index in [1.54, 1.807) is 23.6 Å². The van der Waals surface area contributed by atoms with Crippen molar-refractivity contribution in [3.05, 3.63) is 142 Å². The second kappa shape index (κ2) is 24.6. The zero-order chi connectivity index (χ0) is 53.2. The smallest absolute Gasteiger partial charge is 0.410 e. The van der Waals surface area contributed by atoms with Gasteiger partial charge in [-0.3, -0.25) is 29.0 Å². The summed E-state index contributed by atoms with van der Waals surface area (Å²) in [4.78, 5) is 79.1. The van der Waals surface area contributed by atoms with E-state index in [-0.39, 0.29) is 47.7 Å². The summed E-state index contributed by atoms with van der Waals surface area (Å²) in [5, 5.41) is 11.7. The highest BCUT2D eigenvalue weighted by atomic mass is 16.6. The molecule has 2 heterocycles. The molecule has 8 rings (SSSR count). The van der Waals surface area contributed by atoms with Gasteiger partial charge in [0.25, 0.3) is 0 Å². The normalized spacial score (nSPS) is 19.7. The SMILES string of the molecule is C[C@H](NC(=O)[C@@H]1CC[C@@H](Cc2ccccc2)C1)C(=O)NCc1ccc2c(c1)CN(C(=O)OC(C)(C)C)C2.C[C@H](NC(=O)[C@@H]1CC[C@@H](Cc2ccccc2)C1)C(=O)NCc1ccc2c(c1)CN(C(=O)OC(C)(C)C)C2. The second-order valence-corrected chi connectivity index (χ2v) is 22.9. The number of fused-ring (bicyclic) bond motifs is 2. The summed E-state index contributed by atoms with van der Waals surface area (Å²) < 4.78 is 11.0. The molecule has 0 bridgehead atoms. The highest BCUT2D eigenvalue weighted by Crippen LogP contribution is 2.35. The molecule has 0 unspecified atom stereocenters. The Kier molecular flexibility index (Phi) is 18.3. The molecule has 14 heteroatoms. The molecule has 74 heavy (non-hydrogen) atoms. The van der Waals surface area contributed by atoms with Crippen LogP contribution in [0, 0.1) is 23.7 Å². The minimum atomic E-state index is -0.599. The van der Waals surface area contributed by atoms with E-state index in [0.29, 0.717) is 51.1 Å². The molecule has 4 N–H and O–H groups in total. The van der Waals surface area contributed by atoms with Crippen LogP contribution in [-0.4, -0.2) is 68.9 Å². The molecule has 0 spiro atoms. The third kappa shape index (κ3) is 16.1. The van der Waals surface area contributed by atoms with E-state index in [0.717, 1.165) is 84.7 Å². The van der Waals surface area contributed by atoms with E-state index < -0.39 is 23.3 Å². The fraction of sp³-hybridized carbons (Fsp3) is 0.500. The van der Waals surface area contributed by atoms with Crippen molar-refractivity contribution in [2.75, 3.05) is 0 Å². The van der Waals surface area contributed by atoms with Crippen LogP contribution in [0.25, 0.3) is 0 Å². The average Bonchev–Trinajstić information content (AvgIpc) is 4.19. The monoisotopic (exact) mass is 1010 g/mol. The van der Waals surface area contributed by atoms with Crippen LogP contribution in [0.3, 0.4) is 0 Å². The highest BCUT2D eigenvalue weighted by molar-refractivity contribution is 5.89. The Bertz CT molecular complexity index is 2430. The first kappa shape index (κ1) is 55.1. The van der Waals surface area contributed by atoms with Gasteiger partial charge in [-0.2, -0.15) is 0 Å². The van der Waals surface area contributed by atoms with Crippen LogP contribution in [-0.2, 0) is 80.8 Å². The summed E-state index contributed by atoms with van der Waals surface area (Å²) in [6.07, 6.45) is 6.89. The Morgan fingerprint density at radius 1 is 0.500 bits per heavy atom. The number of ether oxygens (including phenoxy) is 2. The largest absolute Gasteiger partial charge is 0.444 e. The van der Waals surface area contributed by atoms with Gasteiger partial charge in [-0.1, -0.05) is 97.1 Å². The lowest BCUT2D eigenvalue weighted by molar-refractivity contribution is -0.130. The van der Waals surface area contributed by atoms with Gasteiger partial charge in [0.05, 0.1) is 0 Å². The number of carbonyl (C=O) groups is 6. The van der Waals surface area contributed by atoms with E-state index in [1.807, 2.05) is 90.1 Å². The van der Waals surface area contributed by atoms with Crippen molar-refractivity contribution in [2.45, 2.75) is 169 Å². The van der Waals surface area contributed by atoms with Crippen LogP contribution in [0.15, 0.2) is 97.1 Å². The summed E-state index contributed by atoms with van der Waals surface area (Å²) >= 11 is 0. The fourth-order valence-electron chi connectivity index (χ4n) is 10.4. The number of benzene rings is 4. The molecule has 2 aliphatic carbocycles. The number of hydrogen-bond donors (Lipinski definition) is 4. The molecule has 14 nitrogen and oxygen atoms in total. The molecule has 2 saturated carbocycles. The summed E-state index contributed by atoms with van der Waals surface area (Å²) in [6, 6.07) is 31.6. The maximum absolute atomic E-state index is 12.8. The summed E-state index contributed by atoms with van der Waals surface area (Å²) in [5.41, 5.74) is 7.76. The summed E-state index contributed by atoms with van der Waals surface area (Å²) in [7, 11) is 0. The van der Waals surface area contributed by atoms with Crippen LogP contribution >= 0.6 is 0 Å². The van der Waals surface area contributed by atoms with Crippen LogP contribution in [0.4, 0.5) is 9.59 Å². The molecule has 4 aromatic carbocycles. The van der Waals surface area contributed by atoms with E-state index in [2.05, 4.69) is 69.8 Å². The summed E-state index contributed by atoms with van der Waals surface area (Å²) in [5.74, 6) is 0.478. The molecular weight excluding hydrogens is 933 g/mol. The Labute approximate surface area is 438 Å². The topological polar surface area (TPSA) is 175 Å². The Morgan fingerprint density at radius 2 is 0.865 bits per heavy atom. The third-order valence-corrected chi connectivity index (χ3v) is 14.3. The highest BCUT2D eigenvalue weighted by Gasteiger charge is 2.34. The number of carbonyl (C=O) groups excluding carboxylic acids is 6. The zero-order valence-electron chi connectivity index (χ0n) is 44.8. The van der Waals surface area contributed by atoms with Crippen molar-refractivity contribution in [1.29, 1.82) is 0 Å². The Balaban J connectivity index is 0.000000216. The van der Waals surface area contributed by atoms with Gasteiger partial charge in [-0.05, 0) is 163 Å². The minimum Gasteiger partial charge on any atom is -0.444 e. The van der Waals surface area contributed by atoms with Crippen LogP contribution in [0.2, 0.25) is 0 Å². The van der Waals surface area contributed by atoms with Gasteiger partial charge >= 0.3 is 12.2 Å². The van der Waals surface area contributed by atoms with Gasteiger partial charge in [0.2, 0.25) is 23.6 Å². The average molecular weight is 1010 g/mol. The van der Waals surface area contributed by atoms with Crippen molar-refractivity contribution in [3.63, 3.8) is 0 Å². The first-order chi connectivity index (χ1) is 35.1. The summed E-state index contributed by atoms with van der Waals surface area (Å²) in [6.45, 7) is 17.3. The van der Waals surface area contributed by atoms with Crippen molar-refractivity contribution in [1.82, 2.24) is 31.1 Å². The minimum absolute atomic E-state index is 0.0297. The van der Waals surface area contributed by atoms with Crippen molar-refractivity contribution in [2.24, 2.45) is 23.7 Å². The predicted molar refractivity (Wildman–Crippen MR) is 285 cm³/mol. The first-order valence-electron chi connectivity index (χ1n) is 26.6. The fourth-order valence-corrected chi connectivity index (χ4v) is 10.4. The van der Waals surface area contributed by atoms with E-state index in [1.165, 1.54) is 11.1 Å². The standard InChI is InChI=1S/2C30H39N3O4/c2*1-20(32-28(35)24-12-10-22(15-24)14-21-8-6-5-7-9-21)27(34)31-17-23-11-13-25-18-33(19-26(25)16-23)29(36)37-30(2,3)4/h2*5-9,11,13,16,20,22,24H,10,12,14-15,17-19H2,1-4H3,(H,31,34)(H,32,35)/t2*20-,22-,24+/m00/s1. The maximum Gasteiger partial charge on any atom is 0.410 e. The van der Waals surface area contributed by atoms with Crippen LogP contribution < -0.4 is 21.3 Å². The molecule has 0 radical (unpaired) electrons. The van der Waals surface area contributed by atoms with Crippen molar-refractivity contribution in [3.8, 4) is 0 Å². The quantitative estimate of drug-likeness (QED) is 0.0967. The zero-order valence-corrected chi connectivity index (χ0v) is 44.8. The van der Waals surface area contributed by atoms with Crippen LogP contribution in [0.5, 0.6) is 0 Å². The number of amides is 6. The second-order valence-electron chi connectivity index (χ2n) is 22.9. The van der Waals surface area contributed by atoms with Crippen molar-refractivity contribution < 1.29 is 38.2 Å². The van der Waals surface area contributed by atoms with E-state index >= 15 is 0 Å². The lowest BCUT2D eigenvalue weighted by Gasteiger charge is -2.24. The van der Waals surface area contributed by atoms with Gasteiger partial charge in [0.1, 0.15) is 23.3 Å². The van der Waals surface area contributed by atoms with Crippen molar-refractivity contribution >= 4 is 35.8 Å². The molecular formula is C60H78N6O8. The lowest BCUT2D eigenvalue weighted by Crippen LogP contribution is -2.46. The third-order valence-electron chi connectivity index (χ3n) is 14.3. The van der Waals surface area contributed by atoms with Gasteiger partial charge in [0.15, 0.2) is 0 Å².